The lowest BCUT2D eigenvalue weighted by Crippen LogP contribution is -2.40. The van der Waals surface area contributed by atoms with E-state index in [2.05, 4.69) is 0 Å². The highest BCUT2D eigenvalue weighted by molar-refractivity contribution is 5.94. The highest BCUT2D eigenvalue weighted by Crippen LogP contribution is 2.13. The van der Waals surface area contributed by atoms with Gasteiger partial charge in [0.1, 0.15) is 5.82 Å². The second kappa shape index (κ2) is 5.77. The summed E-state index contributed by atoms with van der Waals surface area (Å²) < 4.78 is 13.4. The van der Waals surface area contributed by atoms with Crippen molar-refractivity contribution in [1.29, 1.82) is 0 Å². The van der Waals surface area contributed by atoms with Crippen molar-refractivity contribution in [2.45, 2.75) is 26.8 Å². The molecule has 2 N–H and O–H groups in total. The summed E-state index contributed by atoms with van der Waals surface area (Å²) in [4.78, 5) is 13.8. The quantitative estimate of drug-likeness (QED) is 0.871. The zero-order valence-corrected chi connectivity index (χ0v) is 10.5. The lowest BCUT2D eigenvalue weighted by atomic mass is 10.1. The van der Waals surface area contributed by atoms with Gasteiger partial charge in [0, 0.05) is 24.7 Å². The van der Waals surface area contributed by atoms with E-state index in [0.717, 1.165) is 0 Å². The van der Waals surface area contributed by atoms with Crippen LogP contribution in [0.1, 0.15) is 29.8 Å². The molecule has 0 unspecified atom stereocenters. The number of benzene rings is 1. The van der Waals surface area contributed by atoms with Gasteiger partial charge in [0.2, 0.25) is 0 Å². The van der Waals surface area contributed by atoms with Crippen LogP contribution in [0.25, 0.3) is 0 Å². The number of carbonyl (C=O) groups excluding carboxylic acids is 1. The van der Waals surface area contributed by atoms with Gasteiger partial charge in [0.25, 0.3) is 5.91 Å². The van der Waals surface area contributed by atoms with Crippen molar-refractivity contribution in [2.75, 3.05) is 13.1 Å². The number of halogens is 1. The van der Waals surface area contributed by atoms with Gasteiger partial charge in [-0.25, -0.2) is 4.39 Å². The Kier molecular flexibility index (Phi) is 4.63. The third-order valence-electron chi connectivity index (χ3n) is 2.67. The van der Waals surface area contributed by atoms with E-state index in [0.29, 0.717) is 24.2 Å². The molecular formula is C13H19FN2O. The number of hydrogen-bond acceptors (Lipinski definition) is 2. The van der Waals surface area contributed by atoms with Crippen LogP contribution in [-0.4, -0.2) is 29.9 Å². The van der Waals surface area contributed by atoms with E-state index in [-0.39, 0.29) is 17.8 Å². The smallest absolute Gasteiger partial charge is 0.254 e. The standard InChI is InChI=1S/C13H19FN2O/c1-9(2)16(7-6-15)13(17)11-5-4-10(3)12(14)8-11/h4-5,8-9H,6-7,15H2,1-3H3. The molecule has 0 aliphatic heterocycles. The average Bonchev–Trinajstić information content (AvgIpc) is 2.28. The Morgan fingerprint density at radius 3 is 2.59 bits per heavy atom. The maximum absolute atomic E-state index is 13.4. The topological polar surface area (TPSA) is 46.3 Å². The molecule has 94 valence electrons. The number of nitrogens with zero attached hydrogens (tertiary/aromatic N) is 1. The molecule has 0 spiro atoms. The Labute approximate surface area is 101 Å². The van der Waals surface area contributed by atoms with Crippen molar-refractivity contribution in [3.05, 3.63) is 35.1 Å². The molecule has 0 radical (unpaired) electrons. The summed E-state index contributed by atoms with van der Waals surface area (Å²) in [7, 11) is 0. The maximum atomic E-state index is 13.4. The number of carbonyl (C=O) groups is 1. The molecule has 0 fully saturated rings. The van der Waals surface area contributed by atoms with Gasteiger partial charge in [-0.05, 0) is 38.5 Å². The van der Waals surface area contributed by atoms with Crippen LogP contribution < -0.4 is 5.73 Å². The van der Waals surface area contributed by atoms with E-state index >= 15 is 0 Å². The highest BCUT2D eigenvalue weighted by Gasteiger charge is 2.18. The number of hydrogen-bond donors (Lipinski definition) is 1. The summed E-state index contributed by atoms with van der Waals surface area (Å²) in [5.74, 6) is -0.531. The minimum Gasteiger partial charge on any atom is -0.335 e. The van der Waals surface area contributed by atoms with E-state index in [1.54, 1.807) is 24.0 Å². The average molecular weight is 238 g/mol. The van der Waals surface area contributed by atoms with Crippen molar-refractivity contribution in [3.63, 3.8) is 0 Å². The van der Waals surface area contributed by atoms with Crippen LogP contribution in [0.3, 0.4) is 0 Å². The van der Waals surface area contributed by atoms with E-state index in [1.165, 1.54) is 6.07 Å². The van der Waals surface area contributed by atoms with E-state index in [9.17, 15) is 9.18 Å². The summed E-state index contributed by atoms with van der Waals surface area (Å²) in [6.45, 7) is 6.38. The predicted octanol–water partition coefficient (Wildman–Crippen LogP) is 1.94. The van der Waals surface area contributed by atoms with Crippen LogP contribution in [0.5, 0.6) is 0 Å². The molecular weight excluding hydrogens is 219 g/mol. The molecule has 0 bridgehead atoms. The van der Waals surface area contributed by atoms with Gasteiger partial charge in [-0.3, -0.25) is 4.79 Å². The first-order valence-corrected chi connectivity index (χ1v) is 5.74. The molecule has 4 heteroatoms. The number of amides is 1. The molecule has 17 heavy (non-hydrogen) atoms. The van der Waals surface area contributed by atoms with Crippen LogP contribution in [-0.2, 0) is 0 Å². The van der Waals surface area contributed by atoms with Gasteiger partial charge >= 0.3 is 0 Å². The third-order valence-corrected chi connectivity index (χ3v) is 2.67. The summed E-state index contributed by atoms with van der Waals surface area (Å²) in [5, 5.41) is 0. The normalized spacial score (nSPS) is 10.7. The minimum absolute atomic E-state index is 0.0513. The lowest BCUT2D eigenvalue weighted by Gasteiger charge is -2.26. The fourth-order valence-electron chi connectivity index (χ4n) is 1.63. The molecule has 3 nitrogen and oxygen atoms in total. The molecule has 0 saturated carbocycles. The Bertz CT molecular complexity index is 404. The molecule has 0 aliphatic carbocycles. The summed E-state index contributed by atoms with van der Waals surface area (Å²) in [6, 6.07) is 4.59. The van der Waals surface area contributed by atoms with Crippen molar-refractivity contribution < 1.29 is 9.18 Å². The largest absolute Gasteiger partial charge is 0.335 e. The van der Waals surface area contributed by atoms with Gasteiger partial charge in [-0.1, -0.05) is 6.07 Å². The van der Waals surface area contributed by atoms with Gasteiger partial charge in [-0.2, -0.15) is 0 Å². The third kappa shape index (κ3) is 3.27. The van der Waals surface area contributed by atoms with Crippen LogP contribution in [0.15, 0.2) is 18.2 Å². The number of aryl methyl sites for hydroxylation is 1. The maximum Gasteiger partial charge on any atom is 0.254 e. The molecule has 1 aromatic rings. The van der Waals surface area contributed by atoms with Crippen molar-refractivity contribution in [1.82, 2.24) is 4.90 Å². The van der Waals surface area contributed by atoms with Gasteiger partial charge in [0.15, 0.2) is 0 Å². The summed E-state index contributed by atoms with van der Waals surface area (Å²) >= 11 is 0. The molecule has 1 rings (SSSR count). The van der Waals surface area contributed by atoms with E-state index in [4.69, 9.17) is 5.73 Å². The van der Waals surface area contributed by atoms with E-state index < -0.39 is 0 Å². The molecule has 0 aliphatic rings. The van der Waals surface area contributed by atoms with Gasteiger partial charge in [-0.15, -0.1) is 0 Å². The van der Waals surface area contributed by atoms with Crippen LogP contribution in [0, 0.1) is 12.7 Å². The monoisotopic (exact) mass is 238 g/mol. The molecule has 1 amide bonds. The molecule has 0 atom stereocenters. The first kappa shape index (κ1) is 13.6. The Morgan fingerprint density at radius 2 is 2.12 bits per heavy atom. The molecule has 0 heterocycles. The Balaban J connectivity index is 2.97. The second-order valence-electron chi connectivity index (χ2n) is 4.34. The first-order valence-electron chi connectivity index (χ1n) is 5.74. The molecule has 0 aromatic heterocycles. The van der Waals surface area contributed by atoms with E-state index in [1.807, 2.05) is 13.8 Å². The van der Waals surface area contributed by atoms with Crippen LogP contribution in [0.4, 0.5) is 4.39 Å². The Morgan fingerprint density at radius 1 is 1.47 bits per heavy atom. The minimum atomic E-state index is -0.354. The van der Waals surface area contributed by atoms with Crippen molar-refractivity contribution in [3.8, 4) is 0 Å². The first-order chi connectivity index (χ1) is 7.97. The van der Waals surface area contributed by atoms with Crippen LogP contribution >= 0.6 is 0 Å². The SMILES string of the molecule is Cc1ccc(C(=O)N(CCN)C(C)C)cc1F. The fourth-order valence-corrected chi connectivity index (χ4v) is 1.63. The fraction of sp³-hybridized carbons (Fsp3) is 0.462. The molecule has 0 saturated heterocycles. The zero-order valence-electron chi connectivity index (χ0n) is 10.5. The van der Waals surface area contributed by atoms with Crippen molar-refractivity contribution >= 4 is 5.91 Å². The molecule has 1 aromatic carbocycles. The Hall–Kier alpha value is -1.42. The predicted molar refractivity (Wildman–Crippen MR) is 66.4 cm³/mol. The van der Waals surface area contributed by atoms with Crippen molar-refractivity contribution in [2.24, 2.45) is 5.73 Å². The second-order valence-corrected chi connectivity index (χ2v) is 4.34. The summed E-state index contributed by atoms with van der Waals surface area (Å²) in [5.41, 5.74) is 6.38. The lowest BCUT2D eigenvalue weighted by molar-refractivity contribution is 0.0711. The van der Waals surface area contributed by atoms with Gasteiger partial charge in [0.05, 0.1) is 0 Å². The summed E-state index contributed by atoms with van der Waals surface area (Å²) in [6.07, 6.45) is 0. The highest BCUT2D eigenvalue weighted by atomic mass is 19.1. The number of nitrogens with two attached hydrogens (primary N) is 1. The number of rotatable bonds is 4. The zero-order chi connectivity index (χ0) is 13.0. The van der Waals surface area contributed by atoms with Gasteiger partial charge < -0.3 is 10.6 Å². The van der Waals surface area contributed by atoms with Crippen LogP contribution in [0.2, 0.25) is 0 Å².